The van der Waals surface area contributed by atoms with Gasteiger partial charge in [0, 0.05) is 18.1 Å². The van der Waals surface area contributed by atoms with Gasteiger partial charge in [0.2, 0.25) is 0 Å². The molecule has 3 rings (SSSR count). The third kappa shape index (κ3) is 2.19. The Balaban J connectivity index is 1.99. The van der Waals surface area contributed by atoms with E-state index in [0.29, 0.717) is 0 Å². The van der Waals surface area contributed by atoms with Crippen molar-refractivity contribution >= 4 is 10.9 Å². The zero-order valence-electron chi connectivity index (χ0n) is 10.6. The van der Waals surface area contributed by atoms with E-state index in [9.17, 15) is 4.39 Å². The fraction of sp³-hybridized carbons (Fsp3) is 0.125. The van der Waals surface area contributed by atoms with Gasteiger partial charge in [0.1, 0.15) is 11.6 Å². The Labute approximate surface area is 111 Å². The number of halogens is 1. The van der Waals surface area contributed by atoms with Crippen molar-refractivity contribution in [3.63, 3.8) is 0 Å². The van der Waals surface area contributed by atoms with E-state index in [1.165, 1.54) is 12.1 Å². The quantitative estimate of drug-likeness (QED) is 0.693. The van der Waals surface area contributed by atoms with E-state index in [4.69, 9.17) is 4.74 Å². The molecule has 0 N–H and O–H groups in total. The summed E-state index contributed by atoms with van der Waals surface area (Å²) >= 11 is 0. The zero-order chi connectivity index (χ0) is 13.2. The lowest BCUT2D eigenvalue weighted by Gasteiger charge is -2.07. The van der Waals surface area contributed by atoms with Crippen LogP contribution in [0.5, 0.6) is 5.75 Å². The van der Waals surface area contributed by atoms with Gasteiger partial charge < -0.3 is 9.30 Å². The largest absolute Gasteiger partial charge is 0.496 e. The molecule has 2 aromatic carbocycles. The molecule has 0 aliphatic carbocycles. The monoisotopic (exact) mass is 255 g/mol. The molecule has 0 aliphatic rings. The first kappa shape index (κ1) is 11.8. The second-order valence-electron chi connectivity index (χ2n) is 4.46. The van der Waals surface area contributed by atoms with Gasteiger partial charge in [0.05, 0.1) is 12.6 Å². The summed E-state index contributed by atoms with van der Waals surface area (Å²) in [7, 11) is 1.67. The van der Waals surface area contributed by atoms with E-state index in [1.807, 2.05) is 24.4 Å². The number of aromatic nitrogens is 1. The molecule has 1 aromatic heterocycles. The van der Waals surface area contributed by atoms with E-state index in [2.05, 4.69) is 10.6 Å². The lowest BCUT2D eigenvalue weighted by atomic mass is 10.2. The maximum absolute atomic E-state index is 12.9. The Morgan fingerprint density at radius 3 is 2.58 bits per heavy atom. The SMILES string of the molecule is COc1cccc2c1ccn2Cc1ccc(F)cc1. The molecule has 0 saturated heterocycles. The van der Waals surface area contributed by atoms with Gasteiger partial charge in [-0.2, -0.15) is 0 Å². The van der Waals surface area contributed by atoms with Crippen LogP contribution in [0.25, 0.3) is 10.9 Å². The minimum Gasteiger partial charge on any atom is -0.496 e. The third-order valence-corrected chi connectivity index (χ3v) is 3.26. The van der Waals surface area contributed by atoms with Crippen LogP contribution in [-0.4, -0.2) is 11.7 Å². The lowest BCUT2D eigenvalue weighted by molar-refractivity contribution is 0.420. The maximum atomic E-state index is 12.9. The molecule has 3 heteroatoms. The Hall–Kier alpha value is -2.29. The molecular formula is C16H14FNO. The predicted molar refractivity (Wildman–Crippen MR) is 74.0 cm³/mol. The molecule has 0 amide bonds. The van der Waals surface area contributed by atoms with Crippen molar-refractivity contribution in [3.05, 3.63) is 66.1 Å². The van der Waals surface area contributed by atoms with Gasteiger partial charge in [0.15, 0.2) is 0 Å². The molecule has 0 spiro atoms. The molecule has 0 saturated carbocycles. The number of hydrogen-bond acceptors (Lipinski definition) is 1. The number of benzene rings is 2. The van der Waals surface area contributed by atoms with E-state index in [-0.39, 0.29) is 5.82 Å². The lowest BCUT2D eigenvalue weighted by Crippen LogP contribution is -1.97. The average Bonchev–Trinajstić information content (AvgIpc) is 2.84. The minimum absolute atomic E-state index is 0.206. The third-order valence-electron chi connectivity index (χ3n) is 3.26. The summed E-state index contributed by atoms with van der Waals surface area (Å²) in [6.45, 7) is 0.719. The Morgan fingerprint density at radius 2 is 1.84 bits per heavy atom. The molecule has 0 aliphatic heterocycles. The van der Waals surface area contributed by atoms with Crippen molar-refractivity contribution in [2.24, 2.45) is 0 Å². The highest BCUT2D eigenvalue weighted by Crippen LogP contribution is 2.26. The van der Waals surface area contributed by atoms with Gasteiger partial charge in [-0.15, -0.1) is 0 Å². The van der Waals surface area contributed by atoms with Crippen LogP contribution in [0.2, 0.25) is 0 Å². The first-order chi connectivity index (χ1) is 9.28. The van der Waals surface area contributed by atoms with Gasteiger partial charge >= 0.3 is 0 Å². The van der Waals surface area contributed by atoms with E-state index < -0.39 is 0 Å². The standard InChI is InChI=1S/C16H14FNO/c1-19-16-4-2-3-15-14(16)9-10-18(15)11-12-5-7-13(17)8-6-12/h2-10H,11H2,1H3. The Kier molecular flexibility index (Phi) is 2.95. The summed E-state index contributed by atoms with van der Waals surface area (Å²) in [4.78, 5) is 0. The highest BCUT2D eigenvalue weighted by Gasteiger charge is 2.06. The van der Waals surface area contributed by atoms with Crippen molar-refractivity contribution in [1.29, 1.82) is 0 Å². The van der Waals surface area contributed by atoms with Crippen LogP contribution in [-0.2, 0) is 6.54 Å². The van der Waals surface area contributed by atoms with Crippen molar-refractivity contribution in [3.8, 4) is 5.75 Å². The van der Waals surface area contributed by atoms with Crippen LogP contribution in [0.4, 0.5) is 4.39 Å². The van der Waals surface area contributed by atoms with Crippen LogP contribution < -0.4 is 4.74 Å². The van der Waals surface area contributed by atoms with Gasteiger partial charge in [0.25, 0.3) is 0 Å². The molecule has 0 unspecified atom stereocenters. The molecule has 96 valence electrons. The Bertz CT molecular complexity index is 700. The summed E-state index contributed by atoms with van der Waals surface area (Å²) in [5.41, 5.74) is 2.19. The highest BCUT2D eigenvalue weighted by molar-refractivity contribution is 5.86. The molecule has 2 nitrogen and oxygen atoms in total. The molecular weight excluding hydrogens is 241 g/mol. The van der Waals surface area contributed by atoms with Crippen LogP contribution in [0.3, 0.4) is 0 Å². The molecule has 3 aromatic rings. The number of methoxy groups -OCH3 is 1. The summed E-state index contributed by atoms with van der Waals surface area (Å²) < 4.78 is 20.4. The van der Waals surface area contributed by atoms with Crippen LogP contribution >= 0.6 is 0 Å². The molecule has 0 atom stereocenters. The van der Waals surface area contributed by atoms with Gasteiger partial charge in [-0.25, -0.2) is 4.39 Å². The average molecular weight is 255 g/mol. The van der Waals surface area contributed by atoms with Gasteiger partial charge in [-0.3, -0.25) is 0 Å². The summed E-state index contributed by atoms with van der Waals surface area (Å²) in [6, 6.07) is 14.6. The number of rotatable bonds is 3. The smallest absolute Gasteiger partial charge is 0.128 e. The van der Waals surface area contributed by atoms with E-state index >= 15 is 0 Å². The van der Waals surface area contributed by atoms with Gasteiger partial charge in [-0.05, 0) is 35.9 Å². The molecule has 1 heterocycles. The number of ether oxygens (including phenoxy) is 1. The van der Waals surface area contributed by atoms with Crippen molar-refractivity contribution < 1.29 is 9.13 Å². The summed E-state index contributed by atoms with van der Waals surface area (Å²) in [5, 5.41) is 1.09. The van der Waals surface area contributed by atoms with Crippen molar-refractivity contribution in [1.82, 2.24) is 4.57 Å². The van der Waals surface area contributed by atoms with Crippen molar-refractivity contribution in [2.75, 3.05) is 7.11 Å². The normalized spacial score (nSPS) is 10.8. The fourth-order valence-corrected chi connectivity index (χ4v) is 2.30. The predicted octanol–water partition coefficient (Wildman–Crippen LogP) is 3.84. The fourth-order valence-electron chi connectivity index (χ4n) is 2.30. The maximum Gasteiger partial charge on any atom is 0.128 e. The van der Waals surface area contributed by atoms with E-state index in [0.717, 1.165) is 28.8 Å². The molecule has 0 bridgehead atoms. The number of hydrogen-bond donors (Lipinski definition) is 0. The summed E-state index contributed by atoms with van der Waals surface area (Å²) in [5.74, 6) is 0.665. The first-order valence-electron chi connectivity index (χ1n) is 6.14. The van der Waals surface area contributed by atoms with Crippen LogP contribution in [0.15, 0.2) is 54.7 Å². The van der Waals surface area contributed by atoms with Crippen LogP contribution in [0.1, 0.15) is 5.56 Å². The zero-order valence-corrected chi connectivity index (χ0v) is 10.6. The van der Waals surface area contributed by atoms with Crippen molar-refractivity contribution in [2.45, 2.75) is 6.54 Å². The number of nitrogens with zero attached hydrogens (tertiary/aromatic N) is 1. The second-order valence-corrected chi connectivity index (χ2v) is 4.46. The topological polar surface area (TPSA) is 14.2 Å². The summed E-state index contributed by atoms with van der Waals surface area (Å²) in [6.07, 6.45) is 2.02. The molecule has 19 heavy (non-hydrogen) atoms. The number of fused-ring (bicyclic) bond motifs is 1. The van der Waals surface area contributed by atoms with E-state index in [1.54, 1.807) is 19.2 Å². The van der Waals surface area contributed by atoms with Crippen LogP contribution in [0, 0.1) is 5.82 Å². The molecule has 0 radical (unpaired) electrons. The minimum atomic E-state index is -0.206. The van der Waals surface area contributed by atoms with Gasteiger partial charge in [-0.1, -0.05) is 18.2 Å². The second kappa shape index (κ2) is 4.76. The Morgan fingerprint density at radius 1 is 1.05 bits per heavy atom. The first-order valence-corrected chi connectivity index (χ1v) is 6.14. The highest BCUT2D eigenvalue weighted by atomic mass is 19.1. The molecule has 0 fully saturated rings.